The third-order valence-electron chi connectivity index (χ3n) is 6.38. The highest BCUT2D eigenvalue weighted by atomic mass is 32.2. The second kappa shape index (κ2) is 8.72. The molecule has 2 atom stereocenters. The molecule has 1 aromatic heterocycles. The van der Waals surface area contributed by atoms with Crippen LogP contribution in [0.5, 0.6) is 5.88 Å². The Morgan fingerprint density at radius 3 is 2.70 bits per heavy atom. The molecule has 1 aromatic rings. The zero-order valence-corrected chi connectivity index (χ0v) is 17.0. The van der Waals surface area contributed by atoms with Gasteiger partial charge in [0.2, 0.25) is 5.88 Å². The van der Waals surface area contributed by atoms with Gasteiger partial charge in [0.25, 0.3) is 0 Å². The zero-order chi connectivity index (χ0) is 18.6. The Bertz CT molecular complexity index is 627. The summed E-state index contributed by atoms with van der Waals surface area (Å²) in [5.74, 6) is 3.10. The lowest BCUT2D eigenvalue weighted by Gasteiger charge is -2.34. The molecule has 2 heterocycles. The second-order valence-corrected chi connectivity index (χ2v) is 8.97. The molecule has 3 aliphatic rings. The van der Waals surface area contributed by atoms with E-state index >= 15 is 0 Å². The van der Waals surface area contributed by atoms with Crippen molar-refractivity contribution in [2.75, 3.05) is 26.0 Å². The van der Waals surface area contributed by atoms with E-state index in [1.165, 1.54) is 12.8 Å². The Hall–Kier alpha value is -1.43. The number of carbonyl (C=O) groups excluding carboxylic acids is 1. The first kappa shape index (κ1) is 18.9. The van der Waals surface area contributed by atoms with Crippen LogP contribution in [0.15, 0.2) is 23.2 Å². The van der Waals surface area contributed by atoms with Crippen molar-refractivity contribution in [1.29, 1.82) is 0 Å². The van der Waals surface area contributed by atoms with Gasteiger partial charge < -0.3 is 14.4 Å². The lowest BCUT2D eigenvalue weighted by Crippen LogP contribution is -2.41. The minimum Gasteiger partial charge on any atom is -0.478 e. The van der Waals surface area contributed by atoms with Gasteiger partial charge in [-0.05, 0) is 75.0 Å². The molecule has 1 saturated heterocycles. The minimum absolute atomic E-state index is 0.0844. The maximum absolute atomic E-state index is 12.2. The van der Waals surface area contributed by atoms with Crippen LogP contribution >= 0.6 is 11.8 Å². The highest BCUT2D eigenvalue weighted by molar-refractivity contribution is 7.98. The van der Waals surface area contributed by atoms with E-state index in [9.17, 15) is 4.79 Å². The fourth-order valence-electron chi connectivity index (χ4n) is 4.28. The van der Waals surface area contributed by atoms with E-state index in [1.54, 1.807) is 11.8 Å². The van der Waals surface area contributed by atoms with Gasteiger partial charge in [-0.2, -0.15) is 0 Å². The molecule has 5 nitrogen and oxygen atoms in total. The molecule has 3 fully saturated rings. The lowest BCUT2D eigenvalue weighted by atomic mass is 9.90. The molecule has 1 amide bonds. The lowest BCUT2D eigenvalue weighted by molar-refractivity contribution is 0.0195. The summed E-state index contributed by atoms with van der Waals surface area (Å²) in [6.07, 6.45) is 12.0. The van der Waals surface area contributed by atoms with Gasteiger partial charge in [-0.15, -0.1) is 11.8 Å². The summed E-state index contributed by atoms with van der Waals surface area (Å²) in [6, 6.07) is 4.01. The van der Waals surface area contributed by atoms with Crippen LogP contribution in [-0.4, -0.2) is 48.0 Å². The predicted molar refractivity (Wildman–Crippen MR) is 106 cm³/mol. The number of carbonyl (C=O) groups is 1. The van der Waals surface area contributed by atoms with Crippen LogP contribution in [0.4, 0.5) is 4.79 Å². The van der Waals surface area contributed by atoms with Crippen LogP contribution in [0.25, 0.3) is 0 Å². The molecule has 0 radical (unpaired) electrons. The van der Waals surface area contributed by atoms with Crippen molar-refractivity contribution in [3.05, 3.63) is 18.3 Å². The predicted octanol–water partition coefficient (Wildman–Crippen LogP) is 4.61. The minimum atomic E-state index is -0.0844. The van der Waals surface area contributed by atoms with E-state index in [1.807, 2.05) is 23.4 Å². The number of ether oxygens (including phenoxy) is 2. The number of hydrogen-bond acceptors (Lipinski definition) is 5. The molecule has 4 rings (SSSR count). The van der Waals surface area contributed by atoms with Crippen LogP contribution in [0.2, 0.25) is 0 Å². The number of rotatable bonds is 7. The molecule has 0 aromatic carbocycles. The Labute approximate surface area is 166 Å². The first-order chi connectivity index (χ1) is 13.2. The molecule has 148 valence electrons. The molecular formula is C21H30N2O3S. The number of thioether (sulfide) groups is 1. The van der Waals surface area contributed by atoms with E-state index in [2.05, 4.69) is 11.1 Å². The number of nitrogens with zero attached hydrogens (tertiary/aromatic N) is 2. The van der Waals surface area contributed by atoms with Crippen molar-refractivity contribution in [3.8, 4) is 5.88 Å². The monoisotopic (exact) mass is 390 g/mol. The zero-order valence-electron chi connectivity index (χ0n) is 16.1. The van der Waals surface area contributed by atoms with Crippen molar-refractivity contribution >= 4 is 17.9 Å². The summed E-state index contributed by atoms with van der Waals surface area (Å²) in [5.41, 5.74) is 0. The average molecular weight is 391 g/mol. The van der Waals surface area contributed by atoms with Gasteiger partial charge >= 0.3 is 6.09 Å². The Balaban J connectivity index is 1.12. The first-order valence-corrected chi connectivity index (χ1v) is 11.5. The van der Waals surface area contributed by atoms with Crippen LogP contribution in [0.1, 0.15) is 44.9 Å². The SMILES string of the molecule is CSc1ccc(OCCC2CC2C2CCN(C(=O)OC3CCC3)CC2)nc1. The third-order valence-corrected chi connectivity index (χ3v) is 7.10. The molecule has 0 N–H and O–H groups in total. The van der Waals surface area contributed by atoms with Gasteiger partial charge in [0.15, 0.2) is 0 Å². The van der Waals surface area contributed by atoms with Crippen molar-refractivity contribution in [2.45, 2.75) is 55.9 Å². The maximum Gasteiger partial charge on any atom is 0.410 e. The molecule has 0 spiro atoms. The fourth-order valence-corrected chi connectivity index (χ4v) is 4.65. The highest BCUT2D eigenvalue weighted by Gasteiger charge is 2.43. The van der Waals surface area contributed by atoms with E-state index in [-0.39, 0.29) is 12.2 Å². The van der Waals surface area contributed by atoms with E-state index in [0.29, 0.717) is 0 Å². The van der Waals surface area contributed by atoms with Gasteiger partial charge in [0.1, 0.15) is 6.10 Å². The van der Waals surface area contributed by atoms with E-state index in [0.717, 1.165) is 80.3 Å². The molecule has 2 saturated carbocycles. The highest BCUT2D eigenvalue weighted by Crippen LogP contribution is 2.49. The number of pyridine rings is 1. The second-order valence-electron chi connectivity index (χ2n) is 8.09. The summed E-state index contributed by atoms with van der Waals surface area (Å²) in [7, 11) is 0. The van der Waals surface area contributed by atoms with Gasteiger partial charge in [-0.3, -0.25) is 0 Å². The summed E-state index contributed by atoms with van der Waals surface area (Å²) >= 11 is 1.69. The topological polar surface area (TPSA) is 51.7 Å². The smallest absolute Gasteiger partial charge is 0.410 e. The van der Waals surface area contributed by atoms with Crippen molar-refractivity contribution < 1.29 is 14.3 Å². The van der Waals surface area contributed by atoms with Gasteiger partial charge in [-0.25, -0.2) is 9.78 Å². The van der Waals surface area contributed by atoms with E-state index in [4.69, 9.17) is 9.47 Å². The van der Waals surface area contributed by atoms with E-state index < -0.39 is 0 Å². The summed E-state index contributed by atoms with van der Waals surface area (Å²) in [4.78, 5) is 19.6. The Morgan fingerprint density at radius 1 is 1.26 bits per heavy atom. The average Bonchev–Trinajstić information content (AvgIpc) is 3.45. The van der Waals surface area contributed by atoms with Crippen molar-refractivity contribution in [1.82, 2.24) is 9.88 Å². The molecular weight excluding hydrogens is 360 g/mol. The van der Waals surface area contributed by atoms with Crippen LogP contribution in [0.3, 0.4) is 0 Å². The first-order valence-electron chi connectivity index (χ1n) is 10.3. The van der Waals surface area contributed by atoms with Gasteiger partial charge in [0, 0.05) is 30.2 Å². The molecule has 2 aliphatic carbocycles. The summed E-state index contributed by atoms with van der Waals surface area (Å²) in [6.45, 7) is 2.47. The molecule has 0 bridgehead atoms. The quantitative estimate of drug-likeness (QED) is 0.637. The van der Waals surface area contributed by atoms with Gasteiger partial charge in [-0.1, -0.05) is 0 Å². The summed E-state index contributed by atoms with van der Waals surface area (Å²) in [5, 5.41) is 0. The van der Waals surface area contributed by atoms with Gasteiger partial charge in [0.05, 0.1) is 6.61 Å². The largest absolute Gasteiger partial charge is 0.478 e. The van der Waals surface area contributed by atoms with Crippen LogP contribution < -0.4 is 4.74 Å². The third kappa shape index (κ3) is 4.89. The molecule has 1 aliphatic heterocycles. The standard InChI is InChI=1S/C21H30N2O3S/c1-27-18-5-6-20(22-14-18)25-12-9-16-13-19(16)15-7-10-23(11-8-15)21(24)26-17-3-2-4-17/h5-6,14-17,19H,2-4,7-13H2,1H3. The van der Waals surface area contributed by atoms with Crippen LogP contribution in [-0.2, 0) is 4.74 Å². The normalized spacial score (nSPS) is 25.7. The number of likely N-dealkylation sites (tertiary alicyclic amines) is 1. The Kier molecular flexibility index (Phi) is 6.11. The molecule has 27 heavy (non-hydrogen) atoms. The Morgan fingerprint density at radius 2 is 2.07 bits per heavy atom. The molecule has 2 unspecified atom stereocenters. The van der Waals surface area contributed by atoms with Crippen LogP contribution in [0, 0.1) is 17.8 Å². The summed E-state index contributed by atoms with van der Waals surface area (Å²) < 4.78 is 11.3. The number of aromatic nitrogens is 1. The number of hydrogen-bond donors (Lipinski definition) is 0. The van der Waals surface area contributed by atoms with Crippen molar-refractivity contribution in [3.63, 3.8) is 0 Å². The number of amides is 1. The number of piperidine rings is 1. The van der Waals surface area contributed by atoms with Crippen molar-refractivity contribution in [2.24, 2.45) is 17.8 Å². The molecule has 6 heteroatoms. The maximum atomic E-state index is 12.2. The fraction of sp³-hybridized carbons (Fsp3) is 0.714.